The summed E-state index contributed by atoms with van der Waals surface area (Å²) in [4.78, 5) is 15.0. The third-order valence-electron chi connectivity index (χ3n) is 4.77. The van der Waals surface area contributed by atoms with E-state index in [1.807, 2.05) is 24.3 Å². The van der Waals surface area contributed by atoms with Gasteiger partial charge < -0.3 is 10.2 Å². The molecule has 2 aromatic carbocycles. The number of nitrogens with zero attached hydrogens (tertiary/aromatic N) is 5. The summed E-state index contributed by atoms with van der Waals surface area (Å²) >= 11 is 13.4. The van der Waals surface area contributed by atoms with E-state index in [2.05, 4.69) is 25.7 Å². The van der Waals surface area contributed by atoms with Crippen LogP contribution in [0.3, 0.4) is 0 Å². The summed E-state index contributed by atoms with van der Waals surface area (Å²) in [5.41, 5.74) is 2.50. The molecule has 1 aliphatic heterocycles. The predicted molar refractivity (Wildman–Crippen MR) is 121 cm³/mol. The lowest BCUT2D eigenvalue weighted by molar-refractivity contribution is -0.113. The Morgan fingerprint density at radius 2 is 1.77 bits per heavy atom. The second-order valence-corrected chi connectivity index (χ2v) is 8.71. The number of rotatable bonds is 6. The zero-order valence-electron chi connectivity index (χ0n) is 16.1. The Kier molecular flexibility index (Phi) is 6.76. The molecule has 10 heteroatoms. The zero-order chi connectivity index (χ0) is 20.9. The maximum absolute atomic E-state index is 12.7. The topological polar surface area (TPSA) is 75.9 Å². The van der Waals surface area contributed by atoms with Crippen LogP contribution in [0.1, 0.15) is 19.3 Å². The molecule has 1 amide bonds. The molecular weight excluding hydrogens is 443 g/mol. The maximum atomic E-state index is 12.7. The largest absolute Gasteiger partial charge is 0.370 e. The van der Waals surface area contributed by atoms with E-state index in [9.17, 15) is 4.79 Å². The fourth-order valence-electron chi connectivity index (χ4n) is 3.35. The highest BCUT2D eigenvalue weighted by Gasteiger charge is 2.17. The molecule has 0 aliphatic carbocycles. The number of amides is 1. The maximum Gasteiger partial charge on any atom is 0.234 e. The average Bonchev–Trinajstić information content (AvgIpc) is 3.22. The van der Waals surface area contributed by atoms with Crippen molar-refractivity contribution in [3.8, 4) is 5.69 Å². The van der Waals surface area contributed by atoms with Crippen molar-refractivity contribution in [2.75, 3.05) is 29.1 Å². The number of aromatic nitrogens is 4. The number of anilines is 2. The van der Waals surface area contributed by atoms with Crippen molar-refractivity contribution in [1.82, 2.24) is 20.2 Å². The van der Waals surface area contributed by atoms with Crippen LogP contribution in [-0.2, 0) is 4.79 Å². The zero-order valence-corrected chi connectivity index (χ0v) is 18.4. The lowest BCUT2D eigenvalue weighted by atomic mass is 10.1. The first kappa shape index (κ1) is 21.0. The van der Waals surface area contributed by atoms with Crippen LogP contribution in [0.25, 0.3) is 5.69 Å². The van der Waals surface area contributed by atoms with Crippen molar-refractivity contribution in [3.63, 3.8) is 0 Å². The minimum Gasteiger partial charge on any atom is -0.370 e. The van der Waals surface area contributed by atoms with Gasteiger partial charge in [-0.25, -0.2) is 0 Å². The molecule has 1 fully saturated rings. The molecule has 0 bridgehead atoms. The Hall–Kier alpha value is -2.29. The van der Waals surface area contributed by atoms with Crippen molar-refractivity contribution >= 4 is 52.2 Å². The lowest BCUT2D eigenvalue weighted by Gasteiger charge is -2.30. The van der Waals surface area contributed by atoms with E-state index in [0.717, 1.165) is 43.0 Å². The van der Waals surface area contributed by atoms with Gasteiger partial charge in [-0.3, -0.25) is 4.79 Å². The fraction of sp³-hybridized carbons (Fsp3) is 0.300. The Balaban J connectivity index is 1.43. The molecule has 0 radical (unpaired) electrons. The first-order valence-corrected chi connectivity index (χ1v) is 11.4. The molecular formula is C20H20Cl2N6OS. The van der Waals surface area contributed by atoms with E-state index in [1.165, 1.54) is 18.2 Å². The summed E-state index contributed by atoms with van der Waals surface area (Å²) in [7, 11) is 0. The van der Waals surface area contributed by atoms with E-state index in [-0.39, 0.29) is 11.7 Å². The summed E-state index contributed by atoms with van der Waals surface area (Å²) in [6.07, 6.45) is 3.54. The van der Waals surface area contributed by atoms with Crippen LogP contribution >= 0.6 is 35.0 Å². The van der Waals surface area contributed by atoms with Crippen LogP contribution in [0, 0.1) is 0 Å². The van der Waals surface area contributed by atoms with Gasteiger partial charge in [-0.1, -0.05) is 35.0 Å². The number of carbonyl (C=O) groups excluding carboxylic acids is 1. The molecule has 0 spiro atoms. The van der Waals surface area contributed by atoms with E-state index in [1.54, 1.807) is 22.9 Å². The second-order valence-electron chi connectivity index (χ2n) is 6.90. The third-order valence-corrected chi connectivity index (χ3v) is 6.18. The first-order chi connectivity index (χ1) is 14.6. The number of carbonyl (C=O) groups is 1. The number of hydrogen-bond donors (Lipinski definition) is 1. The van der Waals surface area contributed by atoms with E-state index < -0.39 is 0 Å². The van der Waals surface area contributed by atoms with Crippen molar-refractivity contribution in [1.29, 1.82) is 0 Å². The minimum absolute atomic E-state index is 0.147. The van der Waals surface area contributed by atoms with Gasteiger partial charge in [0.2, 0.25) is 11.1 Å². The number of nitrogens with one attached hydrogen (secondary N) is 1. The summed E-state index contributed by atoms with van der Waals surface area (Å²) in [6.45, 7) is 1.96. The highest BCUT2D eigenvalue weighted by Crippen LogP contribution is 2.31. The Bertz CT molecular complexity index is 1020. The third kappa shape index (κ3) is 5.06. The van der Waals surface area contributed by atoms with Crippen LogP contribution in [-0.4, -0.2) is 45.0 Å². The molecule has 1 N–H and O–H groups in total. The summed E-state index contributed by atoms with van der Waals surface area (Å²) in [5, 5.41) is 16.5. The smallest absolute Gasteiger partial charge is 0.234 e. The van der Waals surface area contributed by atoms with Crippen molar-refractivity contribution in [2.24, 2.45) is 0 Å². The molecule has 1 aliphatic rings. The van der Waals surface area contributed by atoms with E-state index in [4.69, 9.17) is 23.2 Å². The van der Waals surface area contributed by atoms with Gasteiger partial charge in [0.1, 0.15) is 0 Å². The van der Waals surface area contributed by atoms with Gasteiger partial charge in [0.05, 0.1) is 22.8 Å². The molecule has 0 unspecified atom stereocenters. The van der Waals surface area contributed by atoms with Gasteiger partial charge in [-0.05, 0) is 72.2 Å². The van der Waals surface area contributed by atoms with Gasteiger partial charge in [0.25, 0.3) is 0 Å². The monoisotopic (exact) mass is 462 g/mol. The summed E-state index contributed by atoms with van der Waals surface area (Å²) in [5.74, 6) is 0.0195. The summed E-state index contributed by atoms with van der Waals surface area (Å²) < 4.78 is 1.58. The predicted octanol–water partition coefficient (Wildman–Crippen LogP) is 4.69. The van der Waals surface area contributed by atoms with Crippen LogP contribution in [0.4, 0.5) is 11.4 Å². The van der Waals surface area contributed by atoms with Crippen LogP contribution in [0.15, 0.2) is 47.6 Å². The molecule has 156 valence electrons. The van der Waals surface area contributed by atoms with Gasteiger partial charge in [-0.15, -0.1) is 5.10 Å². The number of tetrazole rings is 1. The molecule has 1 aromatic heterocycles. The lowest BCUT2D eigenvalue weighted by Crippen LogP contribution is -2.30. The Labute approximate surface area is 188 Å². The molecule has 0 atom stereocenters. The molecule has 0 saturated carbocycles. The average molecular weight is 463 g/mol. The quantitative estimate of drug-likeness (QED) is 0.535. The van der Waals surface area contributed by atoms with E-state index in [0.29, 0.717) is 15.2 Å². The molecule has 2 heterocycles. The summed E-state index contributed by atoms with van der Waals surface area (Å²) in [6, 6.07) is 12.8. The van der Waals surface area contributed by atoms with Gasteiger partial charge in [0.15, 0.2) is 0 Å². The number of thioether (sulfide) groups is 1. The fourth-order valence-corrected chi connectivity index (χ4v) is 4.34. The van der Waals surface area contributed by atoms with Crippen LogP contribution in [0.2, 0.25) is 10.0 Å². The minimum atomic E-state index is -0.147. The molecule has 7 nitrogen and oxygen atoms in total. The molecule has 30 heavy (non-hydrogen) atoms. The Morgan fingerprint density at radius 1 is 1.03 bits per heavy atom. The van der Waals surface area contributed by atoms with Crippen LogP contribution in [0.5, 0.6) is 0 Å². The normalized spacial score (nSPS) is 14.0. The van der Waals surface area contributed by atoms with Crippen molar-refractivity contribution in [3.05, 3.63) is 52.5 Å². The molecule has 4 rings (SSSR count). The number of halogens is 2. The van der Waals surface area contributed by atoms with Crippen LogP contribution < -0.4 is 10.2 Å². The van der Waals surface area contributed by atoms with Gasteiger partial charge >= 0.3 is 0 Å². The first-order valence-electron chi connectivity index (χ1n) is 9.61. The molecule has 3 aromatic rings. The van der Waals surface area contributed by atoms with Crippen molar-refractivity contribution < 1.29 is 4.79 Å². The number of benzene rings is 2. The van der Waals surface area contributed by atoms with E-state index >= 15 is 0 Å². The number of piperidine rings is 1. The van der Waals surface area contributed by atoms with Gasteiger partial charge in [0, 0.05) is 23.1 Å². The highest BCUT2D eigenvalue weighted by molar-refractivity contribution is 7.99. The van der Waals surface area contributed by atoms with Crippen molar-refractivity contribution in [2.45, 2.75) is 24.4 Å². The number of hydrogen-bond acceptors (Lipinski definition) is 6. The standard InChI is InChI=1S/C20H20Cl2N6OS/c21-14-4-7-16(8-5-14)28-20(24-25-26-28)30-13-19(29)23-17-12-15(22)6-9-18(17)27-10-2-1-3-11-27/h4-9,12H,1-3,10-11,13H2,(H,23,29). The Morgan fingerprint density at radius 3 is 2.53 bits per heavy atom. The SMILES string of the molecule is O=C(CSc1nnnn1-c1ccc(Cl)cc1)Nc1cc(Cl)ccc1N1CCCCC1. The highest BCUT2D eigenvalue weighted by atomic mass is 35.5. The molecule has 1 saturated heterocycles. The van der Waals surface area contributed by atoms with Gasteiger partial charge in [-0.2, -0.15) is 4.68 Å². The second kappa shape index (κ2) is 9.68.